The Kier molecular flexibility index (Phi) is 4.51. The van der Waals surface area contributed by atoms with Crippen LogP contribution in [0.4, 0.5) is 37.7 Å². The maximum absolute atomic E-state index is 12.5. The first-order valence-electron chi connectivity index (χ1n) is 5.32. The van der Waals surface area contributed by atoms with Crippen molar-refractivity contribution in [3.8, 4) is 0 Å². The number of nitrogen functional groups attached to an aromatic ring is 1. The van der Waals surface area contributed by atoms with Gasteiger partial charge in [-0.25, -0.2) is 0 Å². The molecule has 1 aromatic carbocycles. The van der Waals surface area contributed by atoms with Crippen molar-refractivity contribution in [3.05, 3.63) is 23.8 Å². The van der Waals surface area contributed by atoms with Crippen LogP contribution in [0.15, 0.2) is 18.2 Å². The van der Waals surface area contributed by atoms with E-state index in [0.29, 0.717) is 6.07 Å². The maximum atomic E-state index is 12.5. The van der Waals surface area contributed by atoms with E-state index in [1.54, 1.807) is 0 Å². The molecule has 1 aromatic rings. The lowest BCUT2D eigenvalue weighted by molar-refractivity contribution is -0.142. The highest BCUT2D eigenvalue weighted by Crippen LogP contribution is 2.35. The van der Waals surface area contributed by atoms with E-state index in [-0.39, 0.29) is 5.69 Å². The summed E-state index contributed by atoms with van der Waals surface area (Å²) in [6.07, 6.45) is -11.4. The first kappa shape index (κ1) is 16.1. The molecule has 0 spiro atoms. The lowest BCUT2D eigenvalue weighted by atomic mass is 10.1. The van der Waals surface area contributed by atoms with Gasteiger partial charge in [-0.15, -0.1) is 0 Å². The van der Waals surface area contributed by atoms with Crippen molar-refractivity contribution in [3.63, 3.8) is 0 Å². The smallest absolute Gasteiger partial charge is 0.398 e. The van der Waals surface area contributed by atoms with Crippen molar-refractivity contribution in [2.45, 2.75) is 25.2 Å². The van der Waals surface area contributed by atoms with Crippen LogP contribution in [-0.2, 0) is 11.0 Å². The fourth-order valence-corrected chi connectivity index (χ4v) is 1.36. The maximum Gasteiger partial charge on any atom is 0.418 e. The number of nitrogens with one attached hydrogen (secondary N) is 1. The van der Waals surface area contributed by atoms with Gasteiger partial charge in [0.05, 0.1) is 12.0 Å². The number of hydrogen-bond donors (Lipinski definition) is 2. The van der Waals surface area contributed by atoms with Gasteiger partial charge in [-0.05, 0) is 18.2 Å². The van der Waals surface area contributed by atoms with E-state index in [4.69, 9.17) is 5.73 Å². The number of benzene rings is 1. The van der Waals surface area contributed by atoms with Crippen LogP contribution in [0.1, 0.15) is 18.4 Å². The molecule has 0 atom stereocenters. The number of amides is 1. The number of anilines is 2. The minimum absolute atomic E-state index is 0.265. The Hall–Kier alpha value is -1.93. The summed E-state index contributed by atoms with van der Waals surface area (Å²) in [5.74, 6) is -1.03. The topological polar surface area (TPSA) is 55.1 Å². The Morgan fingerprint density at radius 1 is 1.15 bits per heavy atom. The molecule has 9 heteroatoms. The van der Waals surface area contributed by atoms with Gasteiger partial charge < -0.3 is 11.1 Å². The zero-order chi connectivity index (χ0) is 15.6. The van der Waals surface area contributed by atoms with Crippen molar-refractivity contribution in [1.82, 2.24) is 0 Å². The number of alkyl halides is 6. The van der Waals surface area contributed by atoms with Gasteiger partial charge in [0.25, 0.3) is 0 Å². The fraction of sp³-hybridized carbons (Fsp3) is 0.364. The van der Waals surface area contributed by atoms with E-state index < -0.39 is 42.4 Å². The first-order chi connectivity index (χ1) is 8.99. The van der Waals surface area contributed by atoms with Gasteiger partial charge in [-0.2, -0.15) is 26.3 Å². The Balaban J connectivity index is 2.77. The fourth-order valence-electron chi connectivity index (χ4n) is 1.36. The molecule has 0 aliphatic carbocycles. The van der Waals surface area contributed by atoms with Crippen molar-refractivity contribution in [2.75, 3.05) is 11.1 Å². The molecule has 0 heterocycles. The second kappa shape index (κ2) is 5.59. The molecule has 3 N–H and O–H groups in total. The molecule has 0 bridgehead atoms. The molecule has 0 unspecified atom stereocenters. The second-order valence-corrected chi connectivity index (χ2v) is 3.96. The zero-order valence-corrected chi connectivity index (χ0v) is 9.90. The minimum atomic E-state index is -4.71. The van der Waals surface area contributed by atoms with Crippen molar-refractivity contribution >= 4 is 17.3 Å². The molecule has 0 fully saturated rings. The summed E-state index contributed by atoms with van der Waals surface area (Å²) in [5.41, 5.74) is 3.18. The van der Waals surface area contributed by atoms with Crippen LogP contribution in [0.3, 0.4) is 0 Å². The van der Waals surface area contributed by atoms with Gasteiger partial charge in [0.2, 0.25) is 5.91 Å². The summed E-state index contributed by atoms with van der Waals surface area (Å²) < 4.78 is 73.2. The Morgan fingerprint density at radius 2 is 1.75 bits per heavy atom. The second-order valence-electron chi connectivity index (χ2n) is 3.96. The van der Waals surface area contributed by atoms with Gasteiger partial charge in [0.15, 0.2) is 0 Å². The van der Waals surface area contributed by atoms with Crippen LogP contribution in [0, 0.1) is 0 Å². The molecule has 0 aliphatic heterocycles. The normalized spacial score (nSPS) is 12.3. The number of rotatable bonds is 3. The van der Waals surface area contributed by atoms with Gasteiger partial charge in [0, 0.05) is 17.8 Å². The van der Waals surface area contributed by atoms with E-state index in [2.05, 4.69) is 0 Å². The highest BCUT2D eigenvalue weighted by molar-refractivity contribution is 5.91. The molecule has 0 saturated heterocycles. The standard InChI is InChI=1S/C11H10F6N2O/c12-10(13,14)4-3-9(20)19-6-1-2-8(18)7(5-6)11(15,16)17/h1-2,5H,3-4,18H2,(H,19,20). The molecule has 0 aliphatic rings. The Morgan fingerprint density at radius 3 is 2.25 bits per heavy atom. The zero-order valence-electron chi connectivity index (χ0n) is 9.90. The SMILES string of the molecule is Nc1ccc(NC(=O)CCC(F)(F)F)cc1C(F)(F)F. The minimum Gasteiger partial charge on any atom is -0.398 e. The number of carbonyl (C=O) groups is 1. The largest absolute Gasteiger partial charge is 0.418 e. The van der Waals surface area contributed by atoms with Crippen LogP contribution in [0.5, 0.6) is 0 Å². The van der Waals surface area contributed by atoms with Crippen LogP contribution >= 0.6 is 0 Å². The van der Waals surface area contributed by atoms with E-state index in [9.17, 15) is 31.1 Å². The molecule has 112 valence electrons. The van der Waals surface area contributed by atoms with Gasteiger partial charge in [0.1, 0.15) is 0 Å². The van der Waals surface area contributed by atoms with Gasteiger partial charge in [-0.3, -0.25) is 4.79 Å². The van der Waals surface area contributed by atoms with Gasteiger partial charge >= 0.3 is 12.4 Å². The summed E-state index contributed by atoms with van der Waals surface area (Å²) in [4.78, 5) is 11.2. The predicted octanol–water partition coefficient (Wildman–Crippen LogP) is 3.57. The molecule has 1 amide bonds. The van der Waals surface area contributed by atoms with E-state index >= 15 is 0 Å². The number of nitrogens with two attached hydrogens (primary N) is 1. The Labute approximate surface area is 109 Å². The monoisotopic (exact) mass is 300 g/mol. The number of hydrogen-bond acceptors (Lipinski definition) is 2. The highest BCUT2D eigenvalue weighted by Gasteiger charge is 2.33. The highest BCUT2D eigenvalue weighted by atomic mass is 19.4. The summed E-state index contributed by atoms with van der Waals surface area (Å²) in [6.45, 7) is 0. The third kappa shape index (κ3) is 4.98. The lowest BCUT2D eigenvalue weighted by Gasteiger charge is -2.12. The van der Waals surface area contributed by atoms with E-state index in [1.165, 1.54) is 0 Å². The van der Waals surface area contributed by atoms with Crippen LogP contribution in [0.25, 0.3) is 0 Å². The average molecular weight is 300 g/mol. The molecular formula is C11H10F6N2O. The summed E-state index contributed by atoms with van der Waals surface area (Å²) >= 11 is 0. The molecule has 0 aromatic heterocycles. The van der Waals surface area contributed by atoms with Crippen molar-refractivity contribution in [1.29, 1.82) is 0 Å². The Bertz CT molecular complexity index is 495. The molecule has 0 radical (unpaired) electrons. The third-order valence-electron chi connectivity index (χ3n) is 2.28. The van der Waals surface area contributed by atoms with Gasteiger partial charge in [-0.1, -0.05) is 0 Å². The van der Waals surface area contributed by atoms with Crippen LogP contribution in [0.2, 0.25) is 0 Å². The van der Waals surface area contributed by atoms with E-state index in [0.717, 1.165) is 12.1 Å². The van der Waals surface area contributed by atoms with Crippen LogP contribution < -0.4 is 11.1 Å². The molecule has 0 saturated carbocycles. The molecular weight excluding hydrogens is 290 g/mol. The number of carbonyl (C=O) groups excluding carboxylic acids is 1. The summed E-state index contributed by atoms with van der Waals surface area (Å²) in [5, 5.41) is 1.96. The average Bonchev–Trinajstić information content (AvgIpc) is 2.27. The third-order valence-corrected chi connectivity index (χ3v) is 2.28. The van der Waals surface area contributed by atoms with Crippen molar-refractivity contribution < 1.29 is 31.1 Å². The lowest BCUT2D eigenvalue weighted by Crippen LogP contribution is -2.17. The first-order valence-corrected chi connectivity index (χ1v) is 5.32. The summed E-state index contributed by atoms with van der Waals surface area (Å²) in [6, 6.07) is 2.57. The molecule has 20 heavy (non-hydrogen) atoms. The predicted molar refractivity (Wildman–Crippen MR) is 59.8 cm³/mol. The van der Waals surface area contributed by atoms with E-state index in [1.807, 2.05) is 5.32 Å². The molecule has 3 nitrogen and oxygen atoms in total. The summed E-state index contributed by atoms with van der Waals surface area (Å²) in [7, 11) is 0. The van der Waals surface area contributed by atoms with Crippen molar-refractivity contribution in [2.24, 2.45) is 0 Å². The quantitative estimate of drug-likeness (QED) is 0.662. The number of halogens is 6. The van der Waals surface area contributed by atoms with Crippen LogP contribution in [-0.4, -0.2) is 12.1 Å². The molecule has 1 rings (SSSR count).